The number of anilines is 1. The summed E-state index contributed by atoms with van der Waals surface area (Å²) in [4.78, 5) is 32.8. The highest BCUT2D eigenvalue weighted by Crippen LogP contribution is 2.27. The van der Waals surface area contributed by atoms with Gasteiger partial charge in [0.2, 0.25) is 5.95 Å². The molecule has 3 aromatic heterocycles. The Morgan fingerprint density at radius 1 is 1.26 bits per heavy atom. The number of ether oxygens (including phenoxy) is 1. The molecule has 4 aromatic rings. The van der Waals surface area contributed by atoms with Crippen molar-refractivity contribution < 1.29 is 9.53 Å². The second-order valence-electron chi connectivity index (χ2n) is 6.69. The molecular weight excluding hydrogens is 438 g/mol. The summed E-state index contributed by atoms with van der Waals surface area (Å²) in [7, 11) is 0. The summed E-state index contributed by atoms with van der Waals surface area (Å²) in [5, 5.41) is 9.83. The quantitative estimate of drug-likeness (QED) is 0.458. The first-order valence-electron chi connectivity index (χ1n) is 9.31. The van der Waals surface area contributed by atoms with Crippen molar-refractivity contribution in [1.82, 2.24) is 19.7 Å². The number of thiophene rings is 1. The van der Waals surface area contributed by atoms with Crippen molar-refractivity contribution >= 4 is 34.7 Å². The number of nitrogens with one attached hydrogen (secondary N) is 2. The van der Waals surface area contributed by atoms with Gasteiger partial charge < -0.3 is 10.1 Å². The average Bonchev–Trinajstić information content (AvgIpc) is 3.41. The zero-order valence-electron chi connectivity index (χ0n) is 16.7. The molecule has 3 heterocycles. The Labute approximate surface area is 186 Å². The molecule has 1 amide bonds. The van der Waals surface area contributed by atoms with Crippen LogP contribution in [0.4, 0.5) is 5.82 Å². The van der Waals surface area contributed by atoms with Gasteiger partial charge in [-0.3, -0.25) is 14.6 Å². The van der Waals surface area contributed by atoms with Gasteiger partial charge in [-0.2, -0.15) is 9.78 Å². The van der Waals surface area contributed by atoms with Gasteiger partial charge in [0, 0.05) is 22.3 Å². The highest BCUT2D eigenvalue weighted by molar-refractivity contribution is 7.13. The molecule has 4 rings (SSSR count). The third-order valence-electron chi connectivity index (χ3n) is 4.52. The van der Waals surface area contributed by atoms with Crippen LogP contribution in [-0.4, -0.2) is 32.3 Å². The highest BCUT2D eigenvalue weighted by atomic mass is 35.5. The molecule has 0 aliphatic carbocycles. The summed E-state index contributed by atoms with van der Waals surface area (Å²) in [6, 6.07) is 12.3. The Morgan fingerprint density at radius 3 is 2.71 bits per heavy atom. The minimum atomic E-state index is -0.389. The first-order chi connectivity index (χ1) is 14.9. The van der Waals surface area contributed by atoms with Crippen LogP contribution in [0.25, 0.3) is 16.5 Å². The van der Waals surface area contributed by atoms with Gasteiger partial charge in [0.1, 0.15) is 17.3 Å². The fourth-order valence-corrected chi connectivity index (χ4v) is 3.57. The van der Waals surface area contributed by atoms with Crippen LogP contribution in [0.1, 0.15) is 11.3 Å². The molecule has 1 aromatic carbocycles. The maximum atomic E-state index is 12.5. The summed E-state index contributed by atoms with van der Waals surface area (Å²) < 4.78 is 6.91. The number of aromatic amines is 1. The summed E-state index contributed by atoms with van der Waals surface area (Å²) in [6.07, 6.45) is 0. The average molecular weight is 456 g/mol. The molecule has 0 spiro atoms. The predicted molar refractivity (Wildman–Crippen MR) is 120 cm³/mol. The number of rotatable bonds is 6. The summed E-state index contributed by atoms with van der Waals surface area (Å²) in [5.74, 6) is 0.705. The van der Waals surface area contributed by atoms with Crippen LogP contribution in [0.15, 0.2) is 52.6 Å². The fraction of sp³-hybridized carbons (Fsp3) is 0.143. The molecule has 0 atom stereocenters. The van der Waals surface area contributed by atoms with Gasteiger partial charge in [0.15, 0.2) is 6.61 Å². The maximum Gasteiger partial charge on any atom is 0.263 e. The van der Waals surface area contributed by atoms with Crippen molar-refractivity contribution in [3.8, 4) is 22.3 Å². The lowest BCUT2D eigenvalue weighted by molar-refractivity contribution is -0.118. The van der Waals surface area contributed by atoms with E-state index in [4.69, 9.17) is 16.3 Å². The Kier molecular flexibility index (Phi) is 5.88. The van der Waals surface area contributed by atoms with Crippen molar-refractivity contribution in [2.24, 2.45) is 0 Å². The van der Waals surface area contributed by atoms with E-state index in [2.05, 4.69) is 20.4 Å². The number of H-pyrrole nitrogens is 1. The molecule has 158 valence electrons. The van der Waals surface area contributed by atoms with Crippen LogP contribution in [0.5, 0.6) is 5.75 Å². The predicted octanol–water partition coefficient (Wildman–Crippen LogP) is 3.97. The maximum absolute atomic E-state index is 12.5. The van der Waals surface area contributed by atoms with Crippen LogP contribution in [-0.2, 0) is 4.79 Å². The number of benzene rings is 1. The molecule has 8 nitrogen and oxygen atoms in total. The number of aryl methyl sites for hydroxylation is 1. The largest absolute Gasteiger partial charge is 0.484 e. The van der Waals surface area contributed by atoms with E-state index >= 15 is 0 Å². The lowest BCUT2D eigenvalue weighted by atomic mass is 10.3. The Hall–Kier alpha value is -3.43. The molecule has 31 heavy (non-hydrogen) atoms. The van der Waals surface area contributed by atoms with Crippen LogP contribution in [0, 0.1) is 13.8 Å². The molecule has 0 saturated heterocycles. The van der Waals surface area contributed by atoms with Gasteiger partial charge in [0.05, 0.1) is 4.88 Å². The van der Waals surface area contributed by atoms with Crippen LogP contribution < -0.4 is 15.6 Å². The zero-order chi connectivity index (χ0) is 22.0. The minimum Gasteiger partial charge on any atom is -0.484 e. The monoisotopic (exact) mass is 455 g/mol. The molecule has 0 bridgehead atoms. The molecular formula is C21H18ClN5O3S. The smallest absolute Gasteiger partial charge is 0.263 e. The first-order valence-corrected chi connectivity index (χ1v) is 10.6. The lowest BCUT2D eigenvalue weighted by Crippen LogP contribution is -2.23. The van der Waals surface area contributed by atoms with E-state index in [1.807, 2.05) is 17.5 Å². The molecule has 0 fully saturated rings. The lowest BCUT2D eigenvalue weighted by Gasteiger charge is -2.10. The molecule has 0 saturated carbocycles. The number of carbonyl (C=O) groups excluding carboxylic acids is 1. The number of hydrogen-bond acceptors (Lipinski definition) is 6. The van der Waals surface area contributed by atoms with Gasteiger partial charge in [-0.05, 0) is 49.6 Å². The van der Waals surface area contributed by atoms with E-state index in [0.717, 1.165) is 4.88 Å². The second-order valence-corrected chi connectivity index (χ2v) is 8.08. The number of amides is 1. The topological polar surface area (TPSA) is 102 Å². The molecule has 0 unspecified atom stereocenters. The van der Waals surface area contributed by atoms with E-state index in [9.17, 15) is 9.59 Å². The molecule has 0 aliphatic rings. The van der Waals surface area contributed by atoms with Crippen LogP contribution in [0.3, 0.4) is 0 Å². The summed E-state index contributed by atoms with van der Waals surface area (Å²) in [5.41, 5.74) is 1.48. The standard InChI is InChI=1S/C21H18ClN5O3S/c1-12-13(2)23-21(25-20(12)29)27-18(10-16(26-27)17-4-3-9-31-17)24-19(28)11-30-15-7-5-14(22)6-8-15/h3-10H,11H2,1-2H3,(H,24,28)(H,23,25,29). The van der Waals surface area contributed by atoms with Crippen molar-refractivity contribution in [1.29, 1.82) is 0 Å². The zero-order valence-corrected chi connectivity index (χ0v) is 18.3. The van der Waals surface area contributed by atoms with E-state index in [0.29, 0.717) is 33.5 Å². The van der Waals surface area contributed by atoms with E-state index in [-0.39, 0.29) is 24.0 Å². The second kappa shape index (κ2) is 8.75. The number of carbonyl (C=O) groups is 1. The van der Waals surface area contributed by atoms with E-state index < -0.39 is 0 Å². The van der Waals surface area contributed by atoms with E-state index in [1.165, 1.54) is 16.0 Å². The third-order valence-corrected chi connectivity index (χ3v) is 5.66. The first kappa shape index (κ1) is 20.8. The SMILES string of the molecule is Cc1nc(-n2nc(-c3cccs3)cc2NC(=O)COc2ccc(Cl)cc2)[nH]c(=O)c1C. The normalized spacial score (nSPS) is 10.8. The van der Waals surface area contributed by atoms with Gasteiger partial charge in [-0.25, -0.2) is 4.98 Å². The van der Waals surface area contributed by atoms with Crippen molar-refractivity contribution in [2.45, 2.75) is 13.8 Å². The minimum absolute atomic E-state index is 0.210. The number of halogens is 1. The van der Waals surface area contributed by atoms with Gasteiger partial charge in [0.25, 0.3) is 11.5 Å². The summed E-state index contributed by atoms with van der Waals surface area (Å²) >= 11 is 7.37. The number of hydrogen-bond donors (Lipinski definition) is 2. The Morgan fingerprint density at radius 2 is 2.03 bits per heavy atom. The van der Waals surface area contributed by atoms with E-state index in [1.54, 1.807) is 44.2 Å². The van der Waals surface area contributed by atoms with Gasteiger partial charge >= 0.3 is 0 Å². The molecule has 0 aliphatic heterocycles. The molecule has 10 heteroatoms. The Balaban J connectivity index is 1.62. The highest BCUT2D eigenvalue weighted by Gasteiger charge is 2.17. The molecule has 0 radical (unpaired) electrons. The van der Waals surface area contributed by atoms with Crippen molar-refractivity contribution in [3.05, 3.63) is 74.5 Å². The Bertz CT molecular complexity index is 1280. The summed E-state index contributed by atoms with van der Waals surface area (Å²) in [6.45, 7) is 3.23. The number of nitrogens with zero attached hydrogens (tertiary/aromatic N) is 3. The van der Waals surface area contributed by atoms with Gasteiger partial charge in [-0.1, -0.05) is 17.7 Å². The van der Waals surface area contributed by atoms with Gasteiger partial charge in [-0.15, -0.1) is 11.3 Å². The molecule has 2 N–H and O–H groups in total. The number of aromatic nitrogens is 4. The van der Waals surface area contributed by atoms with Crippen LogP contribution >= 0.6 is 22.9 Å². The third kappa shape index (κ3) is 4.68. The van der Waals surface area contributed by atoms with Crippen molar-refractivity contribution in [2.75, 3.05) is 11.9 Å². The van der Waals surface area contributed by atoms with Crippen LogP contribution in [0.2, 0.25) is 5.02 Å². The fourth-order valence-electron chi connectivity index (χ4n) is 2.77. The van der Waals surface area contributed by atoms with Crippen molar-refractivity contribution in [3.63, 3.8) is 0 Å².